The molecule has 0 aliphatic heterocycles. The summed E-state index contributed by atoms with van der Waals surface area (Å²) >= 11 is 0. The molecule has 1 aromatic rings. The lowest BCUT2D eigenvalue weighted by Gasteiger charge is -2.18. The van der Waals surface area contributed by atoms with E-state index in [-0.39, 0.29) is 5.69 Å². The lowest BCUT2D eigenvalue weighted by Crippen LogP contribution is -2.30. The molecule has 0 unspecified atom stereocenters. The Labute approximate surface area is 124 Å². The molecule has 0 aliphatic rings. The fraction of sp³-hybridized carbons (Fsp3) is 0.545. The van der Waals surface area contributed by atoms with Gasteiger partial charge in [-0.25, -0.2) is 8.42 Å². The van der Waals surface area contributed by atoms with Crippen molar-refractivity contribution in [3.05, 3.63) is 18.0 Å². The first-order valence-corrected chi connectivity index (χ1v) is 8.23. The molecule has 120 valence electrons. The summed E-state index contributed by atoms with van der Waals surface area (Å²) in [4.78, 5) is 12.8. The molecule has 1 aromatic heterocycles. The second kappa shape index (κ2) is 6.27. The smallest absolute Gasteiger partial charge is 0.340 e. The zero-order valence-electron chi connectivity index (χ0n) is 11.3. The highest BCUT2D eigenvalue weighted by atomic mass is 35.7. The first-order chi connectivity index (χ1) is 9.45. The topological polar surface area (TPSA) is 59.4 Å². The van der Waals surface area contributed by atoms with Gasteiger partial charge in [-0.15, -0.1) is 0 Å². The second-order valence-corrected chi connectivity index (χ2v) is 7.03. The summed E-state index contributed by atoms with van der Waals surface area (Å²) in [7, 11) is 2.32. The minimum atomic E-state index is -4.59. The Balaban J connectivity index is 3.28. The normalized spacial score (nSPS) is 12.5. The second-order valence-electron chi connectivity index (χ2n) is 4.47. The van der Waals surface area contributed by atoms with E-state index in [1.807, 2.05) is 0 Å². The third-order valence-corrected chi connectivity index (χ3v) is 3.95. The van der Waals surface area contributed by atoms with Gasteiger partial charge in [-0.2, -0.15) is 13.2 Å². The number of rotatable bonds is 5. The average molecular weight is 347 g/mol. The molecule has 0 aliphatic carbocycles. The summed E-state index contributed by atoms with van der Waals surface area (Å²) in [5.74, 6) is -0.701. The van der Waals surface area contributed by atoms with Gasteiger partial charge in [-0.1, -0.05) is 6.92 Å². The maximum absolute atomic E-state index is 12.5. The van der Waals surface area contributed by atoms with Crippen LogP contribution in [0.5, 0.6) is 0 Å². The summed E-state index contributed by atoms with van der Waals surface area (Å²) in [6, 6.07) is 0.850. The summed E-state index contributed by atoms with van der Waals surface area (Å²) in [5, 5.41) is 0. The van der Waals surface area contributed by atoms with Crippen molar-refractivity contribution >= 4 is 25.6 Å². The highest BCUT2D eigenvalue weighted by Gasteiger charge is 2.31. The molecule has 0 aromatic carbocycles. The van der Waals surface area contributed by atoms with E-state index < -0.39 is 32.6 Å². The summed E-state index contributed by atoms with van der Waals surface area (Å²) in [5.41, 5.74) is -0.373. The van der Waals surface area contributed by atoms with E-state index in [1.54, 1.807) is 6.92 Å². The predicted octanol–water partition coefficient (Wildman–Crippen LogP) is 2.46. The van der Waals surface area contributed by atoms with Crippen molar-refractivity contribution in [2.45, 2.75) is 31.0 Å². The van der Waals surface area contributed by atoms with E-state index in [4.69, 9.17) is 10.7 Å². The van der Waals surface area contributed by atoms with Crippen molar-refractivity contribution < 1.29 is 26.4 Å². The molecule has 0 radical (unpaired) electrons. The molecule has 1 rings (SSSR count). The molecule has 1 heterocycles. The fourth-order valence-corrected chi connectivity index (χ4v) is 2.51. The van der Waals surface area contributed by atoms with Crippen LogP contribution in [0.3, 0.4) is 0 Å². The number of nitrogens with zero attached hydrogens (tertiary/aromatic N) is 2. The Morgan fingerprint density at radius 3 is 2.43 bits per heavy atom. The number of aromatic nitrogens is 1. The van der Waals surface area contributed by atoms with Crippen LogP contribution in [-0.4, -0.2) is 43.6 Å². The zero-order chi connectivity index (χ0) is 16.4. The van der Waals surface area contributed by atoms with Gasteiger partial charge in [0.15, 0.2) is 0 Å². The van der Waals surface area contributed by atoms with Gasteiger partial charge in [0.1, 0.15) is 17.1 Å². The number of amides is 1. The Bertz CT molecular complexity index is 625. The third kappa shape index (κ3) is 4.92. The van der Waals surface area contributed by atoms with E-state index in [0.717, 1.165) is 6.07 Å². The zero-order valence-corrected chi connectivity index (χ0v) is 12.9. The minimum Gasteiger partial charge on any atom is -0.340 e. The highest BCUT2D eigenvalue weighted by molar-refractivity contribution is 8.13. The van der Waals surface area contributed by atoms with Crippen molar-refractivity contribution in [2.24, 2.45) is 0 Å². The van der Waals surface area contributed by atoms with Crippen molar-refractivity contribution in [1.29, 1.82) is 0 Å². The summed E-state index contributed by atoms with van der Waals surface area (Å²) in [6.45, 7) is 0.659. The molecule has 1 amide bonds. The molecule has 0 spiro atoms. The van der Waals surface area contributed by atoms with Crippen LogP contribution in [0.2, 0.25) is 0 Å². The van der Waals surface area contributed by atoms with Gasteiger partial charge in [-0.05, 0) is 12.5 Å². The Morgan fingerprint density at radius 2 is 2.00 bits per heavy atom. The maximum atomic E-state index is 12.5. The van der Waals surface area contributed by atoms with Gasteiger partial charge in [0, 0.05) is 30.5 Å². The maximum Gasteiger partial charge on any atom is 0.406 e. The molecule has 0 atom stereocenters. The SMILES string of the molecule is CCCN(C)C(=O)c1cc(S(=O)(=O)Cl)cn1CC(F)(F)F. The van der Waals surface area contributed by atoms with E-state index in [9.17, 15) is 26.4 Å². The molecule has 0 bridgehead atoms. The number of carbonyl (C=O) groups is 1. The summed E-state index contributed by atoms with van der Waals surface area (Å²) in [6.07, 6.45) is -3.27. The number of hydrogen-bond donors (Lipinski definition) is 0. The molecule has 5 nitrogen and oxygen atoms in total. The molecule has 0 saturated carbocycles. The van der Waals surface area contributed by atoms with Crippen molar-refractivity contribution in [3.63, 3.8) is 0 Å². The first-order valence-electron chi connectivity index (χ1n) is 5.92. The number of carbonyl (C=O) groups excluding carboxylic acids is 1. The molecular formula is C11H14ClF3N2O3S. The van der Waals surface area contributed by atoms with Gasteiger partial charge in [-0.3, -0.25) is 4.79 Å². The van der Waals surface area contributed by atoms with Gasteiger partial charge in [0.25, 0.3) is 15.0 Å². The molecule has 0 fully saturated rings. The molecule has 0 saturated heterocycles. The van der Waals surface area contributed by atoms with Crippen LogP contribution in [0.25, 0.3) is 0 Å². The fourth-order valence-electron chi connectivity index (χ4n) is 1.75. The van der Waals surface area contributed by atoms with Crippen LogP contribution in [0.15, 0.2) is 17.2 Å². The van der Waals surface area contributed by atoms with Crippen molar-refractivity contribution in [3.8, 4) is 0 Å². The van der Waals surface area contributed by atoms with Crippen LogP contribution in [0.4, 0.5) is 13.2 Å². The van der Waals surface area contributed by atoms with Crippen LogP contribution >= 0.6 is 10.7 Å². The summed E-state index contributed by atoms with van der Waals surface area (Å²) < 4.78 is 60.5. The van der Waals surface area contributed by atoms with Gasteiger partial charge < -0.3 is 9.47 Å². The Morgan fingerprint density at radius 1 is 1.43 bits per heavy atom. The van der Waals surface area contributed by atoms with Crippen molar-refractivity contribution in [2.75, 3.05) is 13.6 Å². The average Bonchev–Trinajstić information content (AvgIpc) is 2.69. The first kappa shape index (κ1) is 17.8. The van der Waals surface area contributed by atoms with Gasteiger partial charge >= 0.3 is 6.18 Å². The van der Waals surface area contributed by atoms with E-state index in [0.29, 0.717) is 23.7 Å². The molecule has 10 heteroatoms. The largest absolute Gasteiger partial charge is 0.406 e. The lowest BCUT2D eigenvalue weighted by atomic mass is 10.3. The Hall–Kier alpha value is -1.22. The quantitative estimate of drug-likeness (QED) is 0.769. The molecule has 0 N–H and O–H groups in total. The number of alkyl halides is 3. The van der Waals surface area contributed by atoms with Gasteiger partial charge in [0.2, 0.25) is 0 Å². The molecular weight excluding hydrogens is 333 g/mol. The van der Waals surface area contributed by atoms with Crippen LogP contribution < -0.4 is 0 Å². The van der Waals surface area contributed by atoms with Crippen LogP contribution in [0.1, 0.15) is 23.8 Å². The van der Waals surface area contributed by atoms with Gasteiger partial charge in [0.05, 0.1) is 0 Å². The predicted molar refractivity (Wildman–Crippen MR) is 70.8 cm³/mol. The molecule has 21 heavy (non-hydrogen) atoms. The highest BCUT2D eigenvalue weighted by Crippen LogP contribution is 2.24. The van der Waals surface area contributed by atoms with Crippen molar-refractivity contribution in [1.82, 2.24) is 9.47 Å². The third-order valence-electron chi connectivity index (χ3n) is 2.63. The van der Waals surface area contributed by atoms with Crippen LogP contribution in [-0.2, 0) is 15.6 Å². The number of halogens is 4. The monoisotopic (exact) mass is 346 g/mol. The lowest BCUT2D eigenvalue weighted by molar-refractivity contribution is -0.140. The van der Waals surface area contributed by atoms with E-state index in [2.05, 4.69) is 0 Å². The van der Waals surface area contributed by atoms with Crippen LogP contribution in [0, 0.1) is 0 Å². The Kier molecular flexibility index (Phi) is 5.32. The minimum absolute atomic E-state index is 0.332. The van der Waals surface area contributed by atoms with E-state index in [1.165, 1.54) is 11.9 Å². The van der Waals surface area contributed by atoms with E-state index >= 15 is 0 Å². The standard InChI is InChI=1S/C11H14ClF3N2O3S/c1-3-4-16(2)10(18)9-5-8(21(12,19)20)6-17(9)7-11(13,14)15/h5-6H,3-4,7H2,1-2H3. The number of hydrogen-bond acceptors (Lipinski definition) is 3.